The molecule has 0 aliphatic rings. The summed E-state index contributed by atoms with van der Waals surface area (Å²) in [4.78, 5) is 1.11. The van der Waals surface area contributed by atoms with Crippen LogP contribution >= 0.6 is 22.9 Å². The van der Waals surface area contributed by atoms with Crippen LogP contribution in [0.4, 0.5) is 5.69 Å². The van der Waals surface area contributed by atoms with Crippen molar-refractivity contribution in [1.29, 1.82) is 0 Å². The number of nitrogens with one attached hydrogen (secondary N) is 1. The van der Waals surface area contributed by atoms with E-state index in [-0.39, 0.29) is 0 Å². The summed E-state index contributed by atoms with van der Waals surface area (Å²) >= 11 is 7.41. The Kier molecular flexibility index (Phi) is 2.72. The molecule has 0 aliphatic heterocycles. The Balaban J connectivity index is 2.50. The number of hydrogen-bond acceptors (Lipinski definition) is 3. The summed E-state index contributed by atoms with van der Waals surface area (Å²) in [7, 11) is 0. The van der Waals surface area contributed by atoms with E-state index in [0.29, 0.717) is 0 Å². The van der Waals surface area contributed by atoms with Crippen molar-refractivity contribution in [2.45, 2.75) is 0 Å². The van der Waals surface area contributed by atoms with Crippen LogP contribution in [0.5, 0.6) is 0 Å². The molecular weight excluding hydrogens is 216 g/mol. The molecule has 4 heteroatoms. The van der Waals surface area contributed by atoms with E-state index in [2.05, 4.69) is 5.43 Å². The molecular formula is C10H9ClN2S. The summed E-state index contributed by atoms with van der Waals surface area (Å²) < 4.78 is 0.784. The van der Waals surface area contributed by atoms with Gasteiger partial charge in [-0.3, -0.25) is 5.84 Å². The van der Waals surface area contributed by atoms with Gasteiger partial charge in [0.2, 0.25) is 0 Å². The first-order valence-corrected chi connectivity index (χ1v) is 5.32. The largest absolute Gasteiger partial charge is 0.323 e. The molecule has 3 N–H and O–H groups in total. The van der Waals surface area contributed by atoms with Gasteiger partial charge in [0.15, 0.2) is 0 Å². The predicted octanol–water partition coefficient (Wildman–Crippen LogP) is 3.35. The number of nitrogen functional groups attached to an aromatic ring is 1. The van der Waals surface area contributed by atoms with Gasteiger partial charge in [-0.25, -0.2) is 0 Å². The molecule has 0 spiro atoms. The Bertz CT molecular complexity index is 439. The number of para-hydroxylation sites is 1. The Morgan fingerprint density at radius 3 is 2.57 bits per heavy atom. The second kappa shape index (κ2) is 4.00. The van der Waals surface area contributed by atoms with Crippen molar-refractivity contribution < 1.29 is 0 Å². The van der Waals surface area contributed by atoms with Crippen LogP contribution in [-0.2, 0) is 0 Å². The molecule has 1 aromatic carbocycles. The number of benzene rings is 1. The van der Waals surface area contributed by atoms with Gasteiger partial charge >= 0.3 is 0 Å². The second-order valence-corrected chi connectivity index (χ2v) is 4.51. The third-order valence-electron chi connectivity index (χ3n) is 1.92. The Morgan fingerprint density at radius 2 is 1.93 bits per heavy atom. The van der Waals surface area contributed by atoms with Gasteiger partial charge in [-0.15, -0.1) is 11.3 Å². The first-order chi connectivity index (χ1) is 6.81. The lowest BCUT2D eigenvalue weighted by molar-refractivity contribution is 1.35. The van der Waals surface area contributed by atoms with Crippen molar-refractivity contribution in [3.63, 3.8) is 0 Å². The number of halogens is 1. The maximum absolute atomic E-state index is 5.87. The molecule has 72 valence electrons. The van der Waals surface area contributed by atoms with Gasteiger partial charge in [-0.1, -0.05) is 29.8 Å². The summed E-state index contributed by atoms with van der Waals surface area (Å²) in [6, 6.07) is 11.7. The molecule has 0 saturated heterocycles. The second-order valence-electron chi connectivity index (χ2n) is 2.79. The normalized spacial score (nSPS) is 10.1. The fourth-order valence-corrected chi connectivity index (χ4v) is 2.37. The van der Waals surface area contributed by atoms with E-state index < -0.39 is 0 Å². The summed E-state index contributed by atoms with van der Waals surface area (Å²) in [5, 5.41) is 0. The first kappa shape index (κ1) is 9.52. The van der Waals surface area contributed by atoms with Crippen molar-refractivity contribution in [1.82, 2.24) is 0 Å². The molecule has 0 fully saturated rings. The average Bonchev–Trinajstić information content (AvgIpc) is 2.65. The van der Waals surface area contributed by atoms with Gasteiger partial charge in [0.1, 0.15) is 0 Å². The highest BCUT2D eigenvalue weighted by atomic mass is 35.5. The lowest BCUT2D eigenvalue weighted by Crippen LogP contribution is -2.07. The molecule has 0 unspecified atom stereocenters. The predicted molar refractivity (Wildman–Crippen MR) is 62.6 cm³/mol. The molecule has 0 atom stereocenters. The van der Waals surface area contributed by atoms with Crippen LogP contribution in [0.25, 0.3) is 10.4 Å². The topological polar surface area (TPSA) is 38.0 Å². The molecule has 1 aromatic heterocycles. The quantitative estimate of drug-likeness (QED) is 0.607. The monoisotopic (exact) mass is 224 g/mol. The molecule has 0 bridgehead atoms. The number of nitrogens with two attached hydrogens (primary N) is 1. The number of rotatable bonds is 2. The first-order valence-electron chi connectivity index (χ1n) is 4.12. The van der Waals surface area contributed by atoms with Gasteiger partial charge in [-0.05, 0) is 18.2 Å². The van der Waals surface area contributed by atoms with Crippen LogP contribution in [0.3, 0.4) is 0 Å². The van der Waals surface area contributed by atoms with Gasteiger partial charge < -0.3 is 5.43 Å². The summed E-state index contributed by atoms with van der Waals surface area (Å²) in [5.41, 5.74) is 4.65. The third kappa shape index (κ3) is 1.75. The Labute approximate surface area is 91.3 Å². The zero-order chi connectivity index (χ0) is 9.97. The van der Waals surface area contributed by atoms with Gasteiger partial charge in [0.05, 0.1) is 10.0 Å². The van der Waals surface area contributed by atoms with Crippen molar-refractivity contribution in [3.8, 4) is 10.4 Å². The zero-order valence-corrected chi connectivity index (χ0v) is 8.90. The fraction of sp³-hybridized carbons (Fsp3) is 0. The molecule has 2 rings (SSSR count). The molecule has 0 radical (unpaired) electrons. The van der Waals surface area contributed by atoms with E-state index in [1.165, 1.54) is 0 Å². The van der Waals surface area contributed by atoms with E-state index in [1.54, 1.807) is 11.3 Å². The van der Waals surface area contributed by atoms with E-state index in [1.807, 2.05) is 36.4 Å². The molecule has 2 aromatic rings. The molecule has 0 aliphatic carbocycles. The van der Waals surface area contributed by atoms with Crippen LogP contribution in [0, 0.1) is 0 Å². The van der Waals surface area contributed by atoms with Crippen LogP contribution < -0.4 is 11.3 Å². The summed E-state index contributed by atoms with van der Waals surface area (Å²) in [6.07, 6.45) is 0. The van der Waals surface area contributed by atoms with Crippen molar-refractivity contribution >= 4 is 28.6 Å². The zero-order valence-electron chi connectivity index (χ0n) is 7.33. The number of hydrogen-bond donors (Lipinski definition) is 2. The smallest absolute Gasteiger partial charge is 0.0934 e. The highest BCUT2D eigenvalue weighted by molar-refractivity contribution is 7.19. The maximum Gasteiger partial charge on any atom is 0.0934 e. The van der Waals surface area contributed by atoms with Crippen LogP contribution in [-0.4, -0.2) is 0 Å². The molecule has 0 amide bonds. The highest BCUT2D eigenvalue weighted by Crippen LogP contribution is 2.34. The van der Waals surface area contributed by atoms with Gasteiger partial charge in [0, 0.05) is 10.4 Å². The maximum atomic E-state index is 5.87. The third-order valence-corrected chi connectivity index (χ3v) is 3.19. The summed E-state index contributed by atoms with van der Waals surface area (Å²) in [5.74, 6) is 5.42. The van der Waals surface area contributed by atoms with Crippen molar-refractivity contribution in [2.24, 2.45) is 5.84 Å². The van der Waals surface area contributed by atoms with Crippen LogP contribution in [0.2, 0.25) is 4.34 Å². The Morgan fingerprint density at radius 1 is 1.14 bits per heavy atom. The lowest BCUT2D eigenvalue weighted by Gasteiger charge is -2.05. The van der Waals surface area contributed by atoms with Gasteiger partial charge in [0.25, 0.3) is 0 Å². The molecule has 14 heavy (non-hydrogen) atoms. The summed E-state index contributed by atoms with van der Waals surface area (Å²) in [6.45, 7) is 0. The average molecular weight is 225 g/mol. The highest BCUT2D eigenvalue weighted by Gasteiger charge is 2.05. The SMILES string of the molecule is NNc1ccccc1-c1ccc(Cl)s1. The minimum atomic E-state index is 0.784. The lowest BCUT2D eigenvalue weighted by atomic mass is 10.1. The van der Waals surface area contributed by atoms with Crippen LogP contribution in [0.1, 0.15) is 0 Å². The molecule has 0 saturated carbocycles. The number of thiophene rings is 1. The van der Waals surface area contributed by atoms with E-state index in [9.17, 15) is 0 Å². The van der Waals surface area contributed by atoms with Crippen molar-refractivity contribution in [3.05, 3.63) is 40.7 Å². The number of hydrazine groups is 1. The van der Waals surface area contributed by atoms with Crippen molar-refractivity contribution in [2.75, 3.05) is 5.43 Å². The van der Waals surface area contributed by atoms with Gasteiger partial charge in [-0.2, -0.15) is 0 Å². The Hall–Kier alpha value is -1.03. The van der Waals surface area contributed by atoms with E-state index >= 15 is 0 Å². The minimum absolute atomic E-state index is 0.784. The molecule has 2 nitrogen and oxygen atoms in total. The van der Waals surface area contributed by atoms with E-state index in [4.69, 9.17) is 17.4 Å². The number of anilines is 1. The molecule has 1 heterocycles. The minimum Gasteiger partial charge on any atom is -0.323 e. The standard InChI is InChI=1S/C10H9ClN2S/c11-10-6-5-9(14-10)7-3-1-2-4-8(7)13-12/h1-6,13H,12H2. The van der Waals surface area contributed by atoms with E-state index in [0.717, 1.165) is 20.5 Å². The fourth-order valence-electron chi connectivity index (χ4n) is 1.28. The van der Waals surface area contributed by atoms with Crippen LogP contribution in [0.15, 0.2) is 36.4 Å².